The van der Waals surface area contributed by atoms with E-state index in [4.69, 9.17) is 9.47 Å². The van der Waals surface area contributed by atoms with E-state index in [0.717, 1.165) is 31.7 Å². The summed E-state index contributed by atoms with van der Waals surface area (Å²) in [5.74, 6) is 0.380. The van der Waals surface area contributed by atoms with Gasteiger partial charge >= 0.3 is 5.97 Å². The van der Waals surface area contributed by atoms with Gasteiger partial charge in [-0.2, -0.15) is 0 Å². The van der Waals surface area contributed by atoms with Gasteiger partial charge in [0.1, 0.15) is 17.5 Å². The van der Waals surface area contributed by atoms with Crippen LogP contribution in [-0.2, 0) is 11.8 Å². The molecular formula is C12H18N2O3. The molecule has 0 aliphatic carbocycles. The second kappa shape index (κ2) is 5.23. The van der Waals surface area contributed by atoms with Crippen LogP contribution in [0.2, 0.25) is 0 Å². The minimum Gasteiger partial charge on any atom is -0.487 e. The average molecular weight is 238 g/mol. The fourth-order valence-corrected chi connectivity index (χ4v) is 2.02. The number of hydrogen-bond acceptors (Lipinski definition) is 4. The van der Waals surface area contributed by atoms with E-state index in [1.807, 2.05) is 0 Å². The highest BCUT2D eigenvalue weighted by Gasteiger charge is 2.17. The first kappa shape index (κ1) is 12.0. The third-order valence-electron chi connectivity index (χ3n) is 2.93. The fraction of sp³-hybridized carbons (Fsp3) is 0.583. The Balaban J connectivity index is 2.03. The van der Waals surface area contributed by atoms with Gasteiger partial charge in [0, 0.05) is 25.9 Å². The summed E-state index contributed by atoms with van der Waals surface area (Å²) in [7, 11) is 3.18. The first-order valence-corrected chi connectivity index (χ1v) is 5.82. The van der Waals surface area contributed by atoms with Gasteiger partial charge in [0.15, 0.2) is 0 Å². The number of esters is 1. The third-order valence-corrected chi connectivity index (χ3v) is 2.93. The molecule has 2 heterocycles. The Morgan fingerprint density at radius 3 is 3.06 bits per heavy atom. The van der Waals surface area contributed by atoms with Crippen molar-refractivity contribution in [2.24, 2.45) is 7.05 Å². The number of carbonyl (C=O) groups is 1. The monoisotopic (exact) mass is 238 g/mol. The fourth-order valence-electron chi connectivity index (χ4n) is 2.02. The second-order valence-electron chi connectivity index (χ2n) is 4.25. The average Bonchev–Trinajstić information content (AvgIpc) is 2.70. The van der Waals surface area contributed by atoms with E-state index in [9.17, 15) is 4.79 Å². The van der Waals surface area contributed by atoms with Crippen molar-refractivity contribution >= 4 is 5.97 Å². The van der Waals surface area contributed by atoms with Gasteiger partial charge in [-0.25, -0.2) is 4.79 Å². The molecule has 1 aromatic heterocycles. The lowest BCUT2D eigenvalue weighted by Crippen LogP contribution is -2.37. The molecule has 1 N–H and O–H groups in total. The molecule has 0 aromatic carbocycles. The number of carbonyl (C=O) groups excluding carboxylic acids is 1. The zero-order valence-corrected chi connectivity index (χ0v) is 10.2. The van der Waals surface area contributed by atoms with Crippen LogP contribution in [0, 0.1) is 0 Å². The van der Waals surface area contributed by atoms with E-state index in [-0.39, 0.29) is 12.1 Å². The molecular weight excluding hydrogens is 220 g/mol. The van der Waals surface area contributed by atoms with Crippen molar-refractivity contribution in [2.75, 3.05) is 20.2 Å². The maximum atomic E-state index is 11.4. The molecule has 0 bridgehead atoms. The van der Waals surface area contributed by atoms with Crippen LogP contribution in [0.5, 0.6) is 5.75 Å². The molecule has 2 rings (SSSR count). The Morgan fingerprint density at radius 2 is 2.41 bits per heavy atom. The third kappa shape index (κ3) is 2.79. The Morgan fingerprint density at radius 1 is 1.59 bits per heavy atom. The van der Waals surface area contributed by atoms with Gasteiger partial charge in [0.05, 0.1) is 7.11 Å². The van der Waals surface area contributed by atoms with Gasteiger partial charge in [-0.3, -0.25) is 0 Å². The van der Waals surface area contributed by atoms with Crippen LogP contribution in [0.25, 0.3) is 0 Å². The number of nitrogens with zero attached hydrogens (tertiary/aromatic N) is 1. The highest BCUT2D eigenvalue weighted by molar-refractivity contribution is 5.88. The van der Waals surface area contributed by atoms with E-state index in [2.05, 4.69) is 5.32 Å². The van der Waals surface area contributed by atoms with Crippen molar-refractivity contribution in [3.63, 3.8) is 0 Å². The van der Waals surface area contributed by atoms with Gasteiger partial charge in [0.25, 0.3) is 0 Å². The minimum absolute atomic E-state index is 0.191. The molecule has 94 valence electrons. The van der Waals surface area contributed by atoms with Gasteiger partial charge in [0.2, 0.25) is 0 Å². The van der Waals surface area contributed by atoms with Gasteiger partial charge in [-0.15, -0.1) is 0 Å². The first-order chi connectivity index (χ1) is 8.20. The van der Waals surface area contributed by atoms with Crippen LogP contribution >= 0.6 is 0 Å². The van der Waals surface area contributed by atoms with E-state index in [1.165, 1.54) is 7.11 Å². The zero-order chi connectivity index (χ0) is 12.3. The molecule has 1 aliphatic rings. The number of aromatic nitrogens is 1. The molecule has 0 spiro atoms. The molecule has 1 aromatic rings. The molecule has 1 unspecified atom stereocenters. The second-order valence-corrected chi connectivity index (χ2v) is 4.25. The predicted molar refractivity (Wildman–Crippen MR) is 63.3 cm³/mol. The maximum absolute atomic E-state index is 11.4. The number of nitrogens with one attached hydrogen (secondary N) is 1. The number of aryl methyl sites for hydroxylation is 1. The Labute approximate surface area is 101 Å². The van der Waals surface area contributed by atoms with Crippen molar-refractivity contribution in [2.45, 2.75) is 18.9 Å². The molecule has 1 fully saturated rings. The van der Waals surface area contributed by atoms with E-state index in [0.29, 0.717) is 5.69 Å². The number of hydrogen-bond donors (Lipinski definition) is 1. The summed E-state index contributed by atoms with van der Waals surface area (Å²) in [6.45, 7) is 1.92. The SMILES string of the molecule is COC(=O)c1cc(OC2CCCNC2)cn1C. The molecule has 5 heteroatoms. The molecule has 0 radical (unpaired) electrons. The van der Waals surface area contributed by atoms with Gasteiger partial charge < -0.3 is 19.4 Å². The zero-order valence-electron chi connectivity index (χ0n) is 10.2. The van der Waals surface area contributed by atoms with E-state index < -0.39 is 0 Å². The summed E-state index contributed by atoms with van der Waals surface area (Å²) in [6, 6.07) is 1.72. The Hall–Kier alpha value is -1.49. The number of piperidine rings is 1. The number of ether oxygens (including phenoxy) is 2. The lowest BCUT2D eigenvalue weighted by atomic mass is 10.1. The van der Waals surface area contributed by atoms with Crippen LogP contribution < -0.4 is 10.1 Å². The summed E-state index contributed by atoms with van der Waals surface area (Å²) >= 11 is 0. The van der Waals surface area contributed by atoms with Crippen molar-refractivity contribution in [3.8, 4) is 5.75 Å². The predicted octanol–water partition coefficient (Wildman–Crippen LogP) is 0.942. The van der Waals surface area contributed by atoms with Crippen LogP contribution in [0.1, 0.15) is 23.3 Å². The summed E-state index contributed by atoms with van der Waals surface area (Å²) in [5, 5.41) is 3.29. The largest absolute Gasteiger partial charge is 0.487 e. The van der Waals surface area contributed by atoms with Crippen molar-refractivity contribution in [1.82, 2.24) is 9.88 Å². The summed E-state index contributed by atoms with van der Waals surface area (Å²) in [4.78, 5) is 11.4. The van der Waals surface area contributed by atoms with Crippen LogP contribution in [0.4, 0.5) is 0 Å². The topological polar surface area (TPSA) is 52.5 Å². The van der Waals surface area contributed by atoms with Gasteiger partial charge in [-0.05, 0) is 19.4 Å². The highest BCUT2D eigenvalue weighted by atomic mass is 16.5. The summed E-state index contributed by atoms with van der Waals surface area (Å²) in [5.41, 5.74) is 0.506. The highest BCUT2D eigenvalue weighted by Crippen LogP contribution is 2.19. The summed E-state index contributed by atoms with van der Waals surface area (Å²) in [6.07, 6.45) is 4.18. The minimum atomic E-state index is -0.343. The number of rotatable bonds is 3. The summed E-state index contributed by atoms with van der Waals surface area (Å²) < 4.78 is 12.2. The molecule has 1 atom stereocenters. The quantitative estimate of drug-likeness (QED) is 0.796. The first-order valence-electron chi connectivity index (χ1n) is 5.82. The van der Waals surface area contributed by atoms with Crippen molar-refractivity contribution in [3.05, 3.63) is 18.0 Å². The molecule has 1 aliphatic heterocycles. The molecule has 0 amide bonds. The lowest BCUT2D eigenvalue weighted by Gasteiger charge is -2.23. The van der Waals surface area contributed by atoms with Crippen molar-refractivity contribution in [1.29, 1.82) is 0 Å². The van der Waals surface area contributed by atoms with Crippen molar-refractivity contribution < 1.29 is 14.3 Å². The van der Waals surface area contributed by atoms with E-state index in [1.54, 1.807) is 23.9 Å². The Bertz CT molecular complexity index is 394. The van der Waals surface area contributed by atoms with Crippen LogP contribution in [0.3, 0.4) is 0 Å². The lowest BCUT2D eigenvalue weighted by molar-refractivity contribution is 0.0589. The van der Waals surface area contributed by atoms with Crippen LogP contribution in [-0.4, -0.2) is 36.8 Å². The smallest absolute Gasteiger partial charge is 0.354 e. The molecule has 0 saturated carbocycles. The van der Waals surface area contributed by atoms with Gasteiger partial charge in [-0.1, -0.05) is 0 Å². The standard InChI is InChI=1S/C12H18N2O3/c1-14-8-10(6-11(14)12(15)16-2)17-9-4-3-5-13-7-9/h6,8-9,13H,3-5,7H2,1-2H3. The number of methoxy groups -OCH3 is 1. The van der Waals surface area contributed by atoms with Crippen LogP contribution in [0.15, 0.2) is 12.3 Å². The molecule has 5 nitrogen and oxygen atoms in total. The normalized spacial score (nSPS) is 20.0. The molecule has 17 heavy (non-hydrogen) atoms. The molecule has 1 saturated heterocycles. The Kier molecular flexibility index (Phi) is 3.68. The maximum Gasteiger partial charge on any atom is 0.354 e. The van der Waals surface area contributed by atoms with E-state index >= 15 is 0 Å².